The van der Waals surface area contributed by atoms with Crippen LogP contribution in [0, 0.1) is 0 Å². The number of nitrogens with zero attached hydrogens (tertiary/aromatic N) is 5. The van der Waals surface area contributed by atoms with Crippen LogP contribution in [0.25, 0.3) is 11.0 Å². The van der Waals surface area contributed by atoms with Crippen LogP contribution in [0.1, 0.15) is 0 Å². The third-order valence-electron chi connectivity index (χ3n) is 4.15. The zero-order valence-electron chi connectivity index (χ0n) is 12.9. The van der Waals surface area contributed by atoms with Crippen molar-refractivity contribution < 1.29 is 4.74 Å². The molecule has 4 rings (SSSR count). The predicted octanol–water partition coefficient (Wildman–Crippen LogP) is 1.69. The first-order valence-electron chi connectivity index (χ1n) is 7.64. The number of H-pyrrole nitrogens is 1. The smallest absolute Gasteiger partial charge is 0.214 e. The molecule has 0 amide bonds. The van der Waals surface area contributed by atoms with Crippen molar-refractivity contribution in [3.8, 4) is 5.88 Å². The Labute approximate surface area is 133 Å². The number of hydrogen-bond acceptors (Lipinski definition) is 6. The third-order valence-corrected chi connectivity index (χ3v) is 4.15. The van der Waals surface area contributed by atoms with Gasteiger partial charge in [0.2, 0.25) is 5.88 Å². The minimum absolute atomic E-state index is 0.648. The Balaban J connectivity index is 1.51. The average Bonchev–Trinajstić information content (AvgIpc) is 3.11. The fraction of sp³-hybridized carbons (Fsp3) is 0.312. The first-order chi connectivity index (χ1) is 11.3. The van der Waals surface area contributed by atoms with Gasteiger partial charge in [0.15, 0.2) is 0 Å². The SMILES string of the molecule is COc1cccc(N2CCN(c3ncnc4[nH]ccc34)CC2)n1. The van der Waals surface area contributed by atoms with E-state index in [9.17, 15) is 0 Å². The number of rotatable bonds is 3. The molecule has 1 aliphatic rings. The highest BCUT2D eigenvalue weighted by molar-refractivity contribution is 5.87. The second-order valence-electron chi connectivity index (χ2n) is 5.45. The van der Waals surface area contributed by atoms with Crippen LogP contribution in [0.15, 0.2) is 36.8 Å². The van der Waals surface area contributed by atoms with Crippen molar-refractivity contribution in [2.24, 2.45) is 0 Å². The second-order valence-corrected chi connectivity index (χ2v) is 5.45. The minimum atomic E-state index is 0.648. The van der Waals surface area contributed by atoms with Crippen molar-refractivity contribution in [3.63, 3.8) is 0 Å². The normalized spacial score (nSPS) is 15.2. The van der Waals surface area contributed by atoms with Gasteiger partial charge in [-0.05, 0) is 12.1 Å². The lowest BCUT2D eigenvalue weighted by Gasteiger charge is -2.36. The molecule has 4 heterocycles. The van der Waals surface area contributed by atoms with Gasteiger partial charge in [0.25, 0.3) is 0 Å². The quantitative estimate of drug-likeness (QED) is 0.794. The molecular formula is C16H18N6O. The van der Waals surface area contributed by atoms with Gasteiger partial charge in [0.05, 0.1) is 12.5 Å². The number of piperazine rings is 1. The number of fused-ring (bicyclic) bond motifs is 1. The Bertz CT molecular complexity index is 809. The molecule has 1 N–H and O–H groups in total. The summed E-state index contributed by atoms with van der Waals surface area (Å²) >= 11 is 0. The molecule has 0 aromatic carbocycles. The highest BCUT2D eigenvalue weighted by atomic mass is 16.5. The van der Waals surface area contributed by atoms with E-state index in [4.69, 9.17) is 4.74 Å². The monoisotopic (exact) mass is 310 g/mol. The fourth-order valence-corrected chi connectivity index (χ4v) is 2.95. The molecule has 0 aliphatic carbocycles. The summed E-state index contributed by atoms with van der Waals surface area (Å²) in [5.74, 6) is 2.60. The number of aromatic nitrogens is 4. The first kappa shape index (κ1) is 13.8. The van der Waals surface area contributed by atoms with Crippen LogP contribution in [0.5, 0.6) is 5.88 Å². The van der Waals surface area contributed by atoms with Crippen molar-refractivity contribution in [1.82, 2.24) is 19.9 Å². The summed E-state index contributed by atoms with van der Waals surface area (Å²) in [6.07, 6.45) is 3.52. The van der Waals surface area contributed by atoms with Crippen molar-refractivity contribution >= 4 is 22.7 Å². The van der Waals surface area contributed by atoms with Crippen molar-refractivity contribution in [2.75, 3.05) is 43.1 Å². The summed E-state index contributed by atoms with van der Waals surface area (Å²) in [4.78, 5) is 20.9. The van der Waals surface area contributed by atoms with Crippen LogP contribution < -0.4 is 14.5 Å². The molecule has 0 atom stereocenters. The van der Waals surface area contributed by atoms with E-state index in [1.165, 1.54) is 0 Å². The van der Waals surface area contributed by atoms with E-state index in [1.54, 1.807) is 13.4 Å². The molecule has 7 heteroatoms. The van der Waals surface area contributed by atoms with Gasteiger partial charge in [-0.2, -0.15) is 4.98 Å². The maximum absolute atomic E-state index is 5.21. The van der Waals surface area contributed by atoms with Gasteiger partial charge < -0.3 is 19.5 Å². The van der Waals surface area contributed by atoms with Gasteiger partial charge in [-0.25, -0.2) is 9.97 Å². The second kappa shape index (κ2) is 5.75. The highest BCUT2D eigenvalue weighted by Gasteiger charge is 2.21. The summed E-state index contributed by atoms with van der Waals surface area (Å²) in [6.45, 7) is 3.60. The van der Waals surface area contributed by atoms with E-state index in [0.717, 1.165) is 48.8 Å². The molecule has 0 unspecified atom stereocenters. The number of pyridine rings is 1. The molecule has 118 valence electrons. The summed E-state index contributed by atoms with van der Waals surface area (Å²) in [7, 11) is 1.64. The van der Waals surface area contributed by atoms with Crippen LogP contribution in [0.2, 0.25) is 0 Å². The predicted molar refractivity (Wildman–Crippen MR) is 89.1 cm³/mol. The topological polar surface area (TPSA) is 70.2 Å². The van der Waals surface area contributed by atoms with Crippen LogP contribution >= 0.6 is 0 Å². The highest BCUT2D eigenvalue weighted by Crippen LogP contribution is 2.24. The molecule has 0 bridgehead atoms. The van der Waals surface area contributed by atoms with Gasteiger partial charge in [-0.3, -0.25) is 0 Å². The Hall–Kier alpha value is -2.83. The summed E-state index contributed by atoms with van der Waals surface area (Å²) in [5.41, 5.74) is 0.881. The fourth-order valence-electron chi connectivity index (χ4n) is 2.95. The summed E-state index contributed by atoms with van der Waals surface area (Å²) < 4.78 is 5.21. The van der Waals surface area contributed by atoms with E-state index < -0.39 is 0 Å². The van der Waals surface area contributed by atoms with Crippen LogP contribution in [-0.2, 0) is 0 Å². The Morgan fingerprint density at radius 2 is 1.87 bits per heavy atom. The van der Waals surface area contributed by atoms with E-state index in [0.29, 0.717) is 5.88 Å². The van der Waals surface area contributed by atoms with E-state index in [2.05, 4.69) is 29.7 Å². The Morgan fingerprint density at radius 3 is 2.70 bits per heavy atom. The van der Waals surface area contributed by atoms with E-state index in [-0.39, 0.29) is 0 Å². The molecular weight excluding hydrogens is 292 g/mol. The molecule has 0 spiro atoms. The molecule has 1 fully saturated rings. The number of anilines is 2. The van der Waals surface area contributed by atoms with Gasteiger partial charge in [0.1, 0.15) is 23.6 Å². The maximum Gasteiger partial charge on any atom is 0.214 e. The molecule has 23 heavy (non-hydrogen) atoms. The van der Waals surface area contributed by atoms with Gasteiger partial charge in [0, 0.05) is 38.4 Å². The number of aromatic amines is 1. The number of nitrogens with one attached hydrogen (secondary N) is 1. The zero-order valence-corrected chi connectivity index (χ0v) is 12.9. The maximum atomic E-state index is 5.21. The number of hydrogen-bond donors (Lipinski definition) is 1. The molecule has 1 aliphatic heterocycles. The molecule has 7 nitrogen and oxygen atoms in total. The van der Waals surface area contributed by atoms with Gasteiger partial charge >= 0.3 is 0 Å². The number of ether oxygens (including phenoxy) is 1. The summed E-state index contributed by atoms with van der Waals surface area (Å²) in [6, 6.07) is 7.89. The van der Waals surface area contributed by atoms with Crippen LogP contribution in [-0.4, -0.2) is 53.2 Å². The average molecular weight is 310 g/mol. The number of methoxy groups -OCH3 is 1. The molecule has 1 saturated heterocycles. The van der Waals surface area contributed by atoms with Crippen molar-refractivity contribution in [2.45, 2.75) is 0 Å². The standard InChI is InChI=1S/C16H18N6O/c1-23-14-4-2-3-13(20-14)21-7-9-22(10-8-21)16-12-5-6-17-15(12)18-11-19-16/h2-6,11H,7-10H2,1H3,(H,17,18,19). The summed E-state index contributed by atoms with van der Waals surface area (Å²) in [5, 5.41) is 1.07. The van der Waals surface area contributed by atoms with Crippen LogP contribution in [0.4, 0.5) is 11.6 Å². The zero-order chi connectivity index (χ0) is 15.6. The largest absolute Gasteiger partial charge is 0.481 e. The van der Waals surface area contributed by atoms with Crippen molar-refractivity contribution in [3.05, 3.63) is 36.8 Å². The lowest BCUT2D eigenvalue weighted by molar-refractivity contribution is 0.397. The molecule has 0 saturated carbocycles. The van der Waals surface area contributed by atoms with Crippen LogP contribution in [0.3, 0.4) is 0 Å². The van der Waals surface area contributed by atoms with E-state index >= 15 is 0 Å². The molecule has 0 radical (unpaired) electrons. The van der Waals surface area contributed by atoms with Crippen molar-refractivity contribution in [1.29, 1.82) is 0 Å². The lowest BCUT2D eigenvalue weighted by atomic mass is 10.2. The van der Waals surface area contributed by atoms with E-state index in [1.807, 2.05) is 30.5 Å². The molecule has 3 aromatic heterocycles. The Kier molecular flexibility index (Phi) is 3.45. The molecule has 3 aromatic rings. The lowest BCUT2D eigenvalue weighted by Crippen LogP contribution is -2.47. The third kappa shape index (κ3) is 2.54. The minimum Gasteiger partial charge on any atom is -0.481 e. The Morgan fingerprint density at radius 1 is 1.04 bits per heavy atom. The first-order valence-corrected chi connectivity index (χ1v) is 7.64. The van der Waals surface area contributed by atoms with Gasteiger partial charge in [-0.1, -0.05) is 6.07 Å². The van der Waals surface area contributed by atoms with Gasteiger partial charge in [-0.15, -0.1) is 0 Å².